The van der Waals surface area contributed by atoms with Crippen LogP contribution in [0.25, 0.3) is 0 Å². The van der Waals surface area contributed by atoms with Crippen LogP contribution in [0.15, 0.2) is 4.90 Å². The SMILES string of the molecule is COC(=O)CC(C)Sc1c(F)c(F)nc(F)c1F. The van der Waals surface area contributed by atoms with E-state index in [9.17, 15) is 22.4 Å². The van der Waals surface area contributed by atoms with E-state index < -0.39 is 39.6 Å². The minimum Gasteiger partial charge on any atom is -0.469 e. The van der Waals surface area contributed by atoms with Gasteiger partial charge in [0.05, 0.1) is 18.4 Å². The van der Waals surface area contributed by atoms with E-state index in [1.807, 2.05) is 0 Å². The maximum atomic E-state index is 13.2. The number of hydrogen-bond donors (Lipinski definition) is 0. The number of aromatic nitrogens is 1. The molecular weight excluding hydrogens is 274 g/mol. The van der Waals surface area contributed by atoms with E-state index in [2.05, 4.69) is 9.72 Å². The van der Waals surface area contributed by atoms with Gasteiger partial charge in [0.25, 0.3) is 11.9 Å². The Morgan fingerprint density at radius 1 is 1.28 bits per heavy atom. The molecule has 0 aliphatic rings. The van der Waals surface area contributed by atoms with Gasteiger partial charge >= 0.3 is 5.97 Å². The van der Waals surface area contributed by atoms with Gasteiger partial charge in [-0.25, -0.2) is 8.78 Å². The van der Waals surface area contributed by atoms with Crippen LogP contribution in [0.1, 0.15) is 13.3 Å². The van der Waals surface area contributed by atoms with Crippen molar-refractivity contribution in [1.82, 2.24) is 4.98 Å². The molecule has 0 radical (unpaired) electrons. The van der Waals surface area contributed by atoms with Gasteiger partial charge in [-0.05, 0) is 0 Å². The van der Waals surface area contributed by atoms with Gasteiger partial charge in [-0.15, -0.1) is 11.8 Å². The molecule has 0 aliphatic carbocycles. The lowest BCUT2D eigenvalue weighted by molar-refractivity contribution is -0.140. The third-order valence-electron chi connectivity index (χ3n) is 1.96. The van der Waals surface area contributed by atoms with Crippen LogP contribution in [0.5, 0.6) is 0 Å². The van der Waals surface area contributed by atoms with Crippen LogP contribution >= 0.6 is 11.8 Å². The van der Waals surface area contributed by atoms with Gasteiger partial charge < -0.3 is 4.74 Å². The second-order valence-electron chi connectivity index (χ2n) is 3.36. The van der Waals surface area contributed by atoms with Crippen LogP contribution < -0.4 is 0 Å². The van der Waals surface area contributed by atoms with E-state index in [0.29, 0.717) is 11.8 Å². The number of hydrogen-bond acceptors (Lipinski definition) is 4. The molecule has 1 atom stereocenters. The van der Waals surface area contributed by atoms with E-state index in [0.717, 1.165) is 7.11 Å². The summed E-state index contributed by atoms with van der Waals surface area (Å²) in [6.45, 7) is 1.47. The van der Waals surface area contributed by atoms with Crippen molar-refractivity contribution in [3.8, 4) is 0 Å². The molecule has 1 heterocycles. The number of carbonyl (C=O) groups excluding carboxylic acids is 1. The minimum atomic E-state index is -1.72. The number of thioether (sulfide) groups is 1. The molecule has 1 unspecified atom stereocenters. The second kappa shape index (κ2) is 6.03. The molecule has 1 aromatic rings. The first-order valence-electron chi connectivity index (χ1n) is 4.80. The molecular formula is C10H9F4NO2S. The Morgan fingerprint density at radius 3 is 2.22 bits per heavy atom. The Labute approximate surface area is 105 Å². The third-order valence-corrected chi connectivity index (χ3v) is 3.12. The Balaban J connectivity index is 2.93. The fraction of sp³-hybridized carbons (Fsp3) is 0.400. The second-order valence-corrected chi connectivity index (χ2v) is 4.81. The number of pyridine rings is 1. The Bertz CT molecular complexity index is 443. The monoisotopic (exact) mass is 283 g/mol. The fourth-order valence-electron chi connectivity index (χ4n) is 1.13. The summed E-state index contributed by atoms with van der Waals surface area (Å²) in [5.41, 5.74) is 0. The first-order chi connectivity index (χ1) is 8.36. The zero-order valence-electron chi connectivity index (χ0n) is 9.47. The van der Waals surface area contributed by atoms with Gasteiger partial charge in [0.15, 0.2) is 11.6 Å². The van der Waals surface area contributed by atoms with Crippen molar-refractivity contribution >= 4 is 17.7 Å². The molecule has 0 fully saturated rings. The summed E-state index contributed by atoms with van der Waals surface area (Å²) in [7, 11) is 1.16. The summed E-state index contributed by atoms with van der Waals surface area (Å²) in [4.78, 5) is 12.5. The lowest BCUT2D eigenvalue weighted by atomic mass is 10.3. The van der Waals surface area contributed by atoms with Gasteiger partial charge in [0.1, 0.15) is 0 Å². The number of methoxy groups -OCH3 is 1. The Morgan fingerprint density at radius 2 is 1.78 bits per heavy atom. The lowest BCUT2D eigenvalue weighted by Crippen LogP contribution is -2.10. The van der Waals surface area contributed by atoms with Gasteiger partial charge in [-0.2, -0.15) is 13.8 Å². The number of carbonyl (C=O) groups is 1. The summed E-state index contributed by atoms with van der Waals surface area (Å²) in [5, 5.41) is -0.609. The summed E-state index contributed by atoms with van der Waals surface area (Å²) in [6, 6.07) is 0. The summed E-state index contributed by atoms with van der Waals surface area (Å²) in [5.74, 6) is -7.18. The number of ether oxygens (including phenoxy) is 1. The first kappa shape index (κ1) is 14.7. The molecule has 8 heteroatoms. The highest BCUT2D eigenvalue weighted by molar-refractivity contribution is 8.00. The van der Waals surface area contributed by atoms with E-state index in [1.54, 1.807) is 0 Å². The number of nitrogens with zero attached hydrogens (tertiary/aromatic N) is 1. The average Bonchev–Trinajstić information content (AvgIpc) is 2.32. The highest BCUT2D eigenvalue weighted by Crippen LogP contribution is 2.31. The number of rotatable bonds is 4. The summed E-state index contributed by atoms with van der Waals surface area (Å²) in [6.07, 6.45) is -0.147. The normalized spacial score (nSPS) is 12.3. The zero-order chi connectivity index (χ0) is 13.9. The van der Waals surface area contributed by atoms with Crippen molar-refractivity contribution < 1.29 is 27.1 Å². The first-order valence-corrected chi connectivity index (χ1v) is 5.68. The minimum absolute atomic E-state index is 0.147. The number of esters is 1. The largest absolute Gasteiger partial charge is 0.469 e. The van der Waals surface area contributed by atoms with Crippen molar-refractivity contribution in [2.45, 2.75) is 23.5 Å². The average molecular weight is 283 g/mol. The van der Waals surface area contributed by atoms with Crippen molar-refractivity contribution in [3.63, 3.8) is 0 Å². The number of halogens is 4. The van der Waals surface area contributed by atoms with Gasteiger partial charge in [0, 0.05) is 5.25 Å². The molecule has 3 nitrogen and oxygen atoms in total. The van der Waals surface area contributed by atoms with Crippen LogP contribution in [-0.4, -0.2) is 23.3 Å². The molecule has 0 spiro atoms. The van der Waals surface area contributed by atoms with Crippen molar-refractivity contribution in [2.24, 2.45) is 0 Å². The van der Waals surface area contributed by atoms with Crippen molar-refractivity contribution in [3.05, 3.63) is 23.5 Å². The summed E-state index contributed by atoms with van der Waals surface area (Å²) >= 11 is 0.498. The molecule has 100 valence electrons. The molecule has 0 saturated carbocycles. The van der Waals surface area contributed by atoms with Crippen LogP contribution in [0.4, 0.5) is 17.6 Å². The molecule has 0 N–H and O–H groups in total. The van der Waals surface area contributed by atoms with Crippen LogP contribution in [-0.2, 0) is 9.53 Å². The maximum Gasteiger partial charge on any atom is 0.306 e. The van der Waals surface area contributed by atoms with E-state index in [4.69, 9.17) is 0 Å². The highest BCUT2D eigenvalue weighted by atomic mass is 32.2. The molecule has 0 saturated heterocycles. The quantitative estimate of drug-likeness (QED) is 0.368. The van der Waals surface area contributed by atoms with Crippen molar-refractivity contribution in [1.29, 1.82) is 0 Å². The van der Waals surface area contributed by atoms with Gasteiger partial charge in [-0.1, -0.05) is 6.92 Å². The predicted octanol–water partition coefficient (Wildman–Crippen LogP) is 2.68. The molecule has 1 aromatic heterocycles. The summed E-state index contributed by atoms with van der Waals surface area (Å²) < 4.78 is 56.5. The van der Waals surface area contributed by atoms with E-state index in [-0.39, 0.29) is 6.42 Å². The Hall–Kier alpha value is -1.31. The fourth-order valence-corrected chi connectivity index (χ4v) is 2.13. The molecule has 0 bridgehead atoms. The molecule has 0 amide bonds. The van der Waals surface area contributed by atoms with Gasteiger partial charge in [-0.3, -0.25) is 4.79 Å². The topological polar surface area (TPSA) is 39.2 Å². The highest BCUT2D eigenvalue weighted by Gasteiger charge is 2.23. The van der Waals surface area contributed by atoms with Crippen LogP contribution in [0.2, 0.25) is 0 Å². The molecule has 18 heavy (non-hydrogen) atoms. The lowest BCUT2D eigenvalue weighted by Gasteiger charge is -2.11. The van der Waals surface area contributed by atoms with Crippen molar-refractivity contribution in [2.75, 3.05) is 7.11 Å². The maximum absolute atomic E-state index is 13.2. The van der Waals surface area contributed by atoms with Crippen LogP contribution in [0, 0.1) is 23.5 Å². The zero-order valence-corrected chi connectivity index (χ0v) is 10.3. The smallest absolute Gasteiger partial charge is 0.306 e. The van der Waals surface area contributed by atoms with Crippen LogP contribution in [0.3, 0.4) is 0 Å². The van der Waals surface area contributed by atoms with E-state index >= 15 is 0 Å². The molecule has 1 rings (SSSR count). The van der Waals surface area contributed by atoms with E-state index in [1.165, 1.54) is 6.92 Å². The third kappa shape index (κ3) is 3.34. The predicted molar refractivity (Wildman–Crippen MR) is 56.0 cm³/mol. The standard InChI is InChI=1S/C10H9F4NO2S/c1-4(3-5(16)17-2)18-8-6(11)9(13)15-10(14)7(8)12/h4H,3H2,1-2H3. The Kier molecular flexibility index (Phi) is 4.94. The molecule has 0 aliphatic heterocycles. The van der Waals surface area contributed by atoms with Gasteiger partial charge in [0.2, 0.25) is 0 Å². The molecule has 0 aromatic carbocycles.